The van der Waals surface area contributed by atoms with Crippen LogP contribution in [0.25, 0.3) is 0 Å². The Balaban J connectivity index is 1.90. The van der Waals surface area contributed by atoms with Crippen LogP contribution in [0.5, 0.6) is 0 Å². The highest BCUT2D eigenvalue weighted by Gasteiger charge is 2.13. The molecule has 0 radical (unpaired) electrons. The number of benzene rings is 1. The molecule has 0 aromatic heterocycles. The van der Waals surface area contributed by atoms with Crippen molar-refractivity contribution in [3.05, 3.63) is 41.7 Å². The average molecular weight is 300 g/mol. The summed E-state index contributed by atoms with van der Waals surface area (Å²) in [5.41, 5.74) is 2.62. The molecule has 1 fully saturated rings. The van der Waals surface area contributed by atoms with Gasteiger partial charge in [-0.25, -0.2) is 0 Å². The summed E-state index contributed by atoms with van der Waals surface area (Å²) in [6, 6.07) is 9.56. The van der Waals surface area contributed by atoms with Crippen LogP contribution >= 0.6 is 0 Å². The number of aryl methyl sites for hydroxylation is 1. The molecule has 1 aromatic carbocycles. The molecule has 1 aromatic rings. The minimum atomic E-state index is 0.642. The molecular formula is C20H32N2. The van der Waals surface area contributed by atoms with Crippen molar-refractivity contribution in [3.63, 3.8) is 0 Å². The number of hydrogen-bond donors (Lipinski definition) is 2. The van der Waals surface area contributed by atoms with Crippen LogP contribution in [-0.2, 0) is 6.42 Å². The lowest BCUT2D eigenvalue weighted by Crippen LogP contribution is -2.33. The van der Waals surface area contributed by atoms with E-state index in [9.17, 15) is 0 Å². The van der Waals surface area contributed by atoms with Gasteiger partial charge in [0.1, 0.15) is 0 Å². The van der Waals surface area contributed by atoms with Crippen molar-refractivity contribution < 1.29 is 0 Å². The Morgan fingerprint density at radius 2 is 1.82 bits per heavy atom. The molecule has 2 nitrogen and oxygen atoms in total. The van der Waals surface area contributed by atoms with Crippen LogP contribution < -0.4 is 10.6 Å². The fourth-order valence-electron chi connectivity index (χ4n) is 3.11. The Labute approximate surface area is 136 Å². The van der Waals surface area contributed by atoms with E-state index in [0.29, 0.717) is 6.04 Å². The average Bonchev–Trinajstić information content (AvgIpc) is 2.55. The van der Waals surface area contributed by atoms with Crippen molar-refractivity contribution in [2.75, 3.05) is 5.32 Å². The molecule has 2 N–H and O–H groups in total. The van der Waals surface area contributed by atoms with E-state index >= 15 is 0 Å². The van der Waals surface area contributed by atoms with Crippen LogP contribution in [0.3, 0.4) is 0 Å². The zero-order valence-electron chi connectivity index (χ0n) is 14.3. The molecule has 1 aliphatic carbocycles. The summed E-state index contributed by atoms with van der Waals surface area (Å²) in [7, 11) is 0. The Bertz CT molecular complexity index is 441. The minimum Gasteiger partial charge on any atom is -0.369 e. The SMILES string of the molecule is CCC=C(Nc1ccc(CCCC)cc1)NC1CCCCC1. The molecule has 0 unspecified atom stereocenters. The normalized spacial score (nSPS) is 16.5. The fraction of sp³-hybridized carbons (Fsp3) is 0.600. The lowest BCUT2D eigenvalue weighted by atomic mass is 9.95. The van der Waals surface area contributed by atoms with Gasteiger partial charge in [-0.3, -0.25) is 0 Å². The third kappa shape index (κ3) is 5.75. The maximum atomic E-state index is 3.70. The summed E-state index contributed by atoms with van der Waals surface area (Å²) in [5, 5.41) is 7.26. The smallest absolute Gasteiger partial charge is 0.0992 e. The summed E-state index contributed by atoms with van der Waals surface area (Å²) in [6.45, 7) is 4.44. The van der Waals surface area contributed by atoms with E-state index in [2.05, 4.69) is 54.8 Å². The number of unbranched alkanes of at least 4 members (excludes halogenated alkanes) is 1. The van der Waals surface area contributed by atoms with E-state index in [1.807, 2.05) is 0 Å². The Morgan fingerprint density at radius 1 is 1.09 bits per heavy atom. The summed E-state index contributed by atoms with van der Waals surface area (Å²) >= 11 is 0. The van der Waals surface area contributed by atoms with Crippen molar-refractivity contribution in [2.45, 2.75) is 77.7 Å². The molecule has 0 heterocycles. The minimum absolute atomic E-state index is 0.642. The largest absolute Gasteiger partial charge is 0.369 e. The topological polar surface area (TPSA) is 24.1 Å². The van der Waals surface area contributed by atoms with Gasteiger partial charge in [0.05, 0.1) is 5.82 Å². The lowest BCUT2D eigenvalue weighted by Gasteiger charge is -2.26. The standard InChI is InChI=1S/C20H32N2/c1-3-5-10-17-13-15-19(16-14-17)22-20(9-4-2)21-18-11-7-6-8-12-18/h9,13-16,18,21-22H,3-8,10-12H2,1-2H3. The summed E-state index contributed by atoms with van der Waals surface area (Å²) in [6.07, 6.45) is 13.8. The first-order chi connectivity index (χ1) is 10.8. The predicted molar refractivity (Wildman–Crippen MR) is 97.1 cm³/mol. The first kappa shape index (κ1) is 16.9. The number of rotatable bonds is 8. The van der Waals surface area contributed by atoms with Gasteiger partial charge in [-0.1, -0.05) is 51.7 Å². The highest BCUT2D eigenvalue weighted by atomic mass is 15.1. The van der Waals surface area contributed by atoms with Crippen LogP contribution in [0.1, 0.15) is 70.8 Å². The van der Waals surface area contributed by atoms with Gasteiger partial charge in [-0.2, -0.15) is 0 Å². The molecule has 122 valence electrons. The Hall–Kier alpha value is -1.44. The summed E-state index contributed by atoms with van der Waals surface area (Å²) in [5.74, 6) is 1.18. The number of hydrogen-bond acceptors (Lipinski definition) is 2. The highest BCUT2D eigenvalue weighted by molar-refractivity contribution is 5.49. The van der Waals surface area contributed by atoms with E-state index in [1.165, 1.54) is 68.4 Å². The number of anilines is 1. The zero-order valence-corrected chi connectivity index (χ0v) is 14.3. The molecule has 0 atom stereocenters. The fourth-order valence-corrected chi connectivity index (χ4v) is 3.11. The quantitative estimate of drug-likeness (QED) is 0.651. The molecule has 2 heteroatoms. The Kier molecular flexibility index (Phi) is 7.35. The monoisotopic (exact) mass is 300 g/mol. The third-order valence-corrected chi connectivity index (χ3v) is 4.42. The van der Waals surface area contributed by atoms with E-state index in [4.69, 9.17) is 0 Å². The number of nitrogens with one attached hydrogen (secondary N) is 2. The van der Waals surface area contributed by atoms with Crippen LogP contribution in [0, 0.1) is 0 Å². The molecule has 22 heavy (non-hydrogen) atoms. The molecular weight excluding hydrogens is 268 g/mol. The predicted octanol–water partition coefficient (Wildman–Crippen LogP) is 5.61. The van der Waals surface area contributed by atoms with E-state index < -0.39 is 0 Å². The van der Waals surface area contributed by atoms with Crippen molar-refractivity contribution in [2.24, 2.45) is 0 Å². The molecule has 0 amide bonds. The van der Waals surface area contributed by atoms with Crippen molar-refractivity contribution in [1.29, 1.82) is 0 Å². The maximum Gasteiger partial charge on any atom is 0.0992 e. The van der Waals surface area contributed by atoms with Gasteiger partial charge in [-0.05, 0) is 55.9 Å². The molecule has 0 spiro atoms. The first-order valence-electron chi connectivity index (χ1n) is 9.14. The van der Waals surface area contributed by atoms with Gasteiger partial charge in [0.15, 0.2) is 0 Å². The summed E-state index contributed by atoms with van der Waals surface area (Å²) < 4.78 is 0. The van der Waals surface area contributed by atoms with Crippen molar-refractivity contribution >= 4 is 5.69 Å². The molecule has 2 rings (SSSR count). The molecule has 0 saturated heterocycles. The molecule has 0 bridgehead atoms. The second kappa shape index (κ2) is 9.55. The van der Waals surface area contributed by atoms with Gasteiger partial charge in [0.25, 0.3) is 0 Å². The Morgan fingerprint density at radius 3 is 2.45 bits per heavy atom. The van der Waals surface area contributed by atoms with Crippen LogP contribution in [0.15, 0.2) is 36.2 Å². The van der Waals surface area contributed by atoms with E-state index in [0.717, 1.165) is 6.42 Å². The molecule has 1 saturated carbocycles. The van der Waals surface area contributed by atoms with Gasteiger partial charge in [0.2, 0.25) is 0 Å². The zero-order chi connectivity index (χ0) is 15.6. The third-order valence-electron chi connectivity index (χ3n) is 4.42. The first-order valence-corrected chi connectivity index (χ1v) is 9.14. The second-order valence-corrected chi connectivity index (χ2v) is 6.43. The van der Waals surface area contributed by atoms with Crippen LogP contribution in [-0.4, -0.2) is 6.04 Å². The van der Waals surface area contributed by atoms with Crippen molar-refractivity contribution in [3.8, 4) is 0 Å². The van der Waals surface area contributed by atoms with Gasteiger partial charge < -0.3 is 10.6 Å². The number of allylic oxidation sites excluding steroid dienone is 1. The van der Waals surface area contributed by atoms with Crippen LogP contribution in [0.2, 0.25) is 0 Å². The lowest BCUT2D eigenvalue weighted by molar-refractivity contribution is 0.397. The summed E-state index contributed by atoms with van der Waals surface area (Å²) in [4.78, 5) is 0. The van der Waals surface area contributed by atoms with E-state index in [-0.39, 0.29) is 0 Å². The van der Waals surface area contributed by atoms with Crippen LogP contribution in [0.4, 0.5) is 5.69 Å². The second-order valence-electron chi connectivity index (χ2n) is 6.43. The molecule has 1 aliphatic rings. The molecule has 0 aliphatic heterocycles. The highest BCUT2D eigenvalue weighted by Crippen LogP contribution is 2.19. The maximum absolute atomic E-state index is 3.70. The van der Waals surface area contributed by atoms with E-state index in [1.54, 1.807) is 0 Å². The van der Waals surface area contributed by atoms with Crippen molar-refractivity contribution in [1.82, 2.24) is 5.32 Å². The van der Waals surface area contributed by atoms with Gasteiger partial charge in [0, 0.05) is 11.7 Å². The van der Waals surface area contributed by atoms with Gasteiger partial charge in [-0.15, -0.1) is 0 Å². The van der Waals surface area contributed by atoms with Gasteiger partial charge >= 0.3 is 0 Å².